The molecule has 0 fully saturated rings. The van der Waals surface area contributed by atoms with E-state index >= 15 is 0 Å². The van der Waals surface area contributed by atoms with E-state index in [1.54, 1.807) is 0 Å². The lowest BCUT2D eigenvalue weighted by atomic mass is 9.97. The lowest BCUT2D eigenvalue weighted by molar-refractivity contribution is 0.533. The molecule has 2 aromatic carbocycles. The number of H-pyrrole nitrogens is 1. The Labute approximate surface area is 118 Å². The van der Waals surface area contributed by atoms with Gasteiger partial charge < -0.3 is 10.3 Å². The lowest BCUT2D eigenvalue weighted by Crippen LogP contribution is -2.27. The monoisotopic (exact) mass is 262 g/mol. The van der Waals surface area contributed by atoms with E-state index in [4.69, 9.17) is 0 Å². The molecule has 0 radical (unpaired) electrons. The number of benzene rings is 2. The number of hydrogen-bond acceptors (Lipinski definition) is 1. The molecule has 0 saturated heterocycles. The van der Waals surface area contributed by atoms with Gasteiger partial charge >= 0.3 is 0 Å². The Morgan fingerprint density at radius 2 is 1.85 bits per heavy atom. The molecule has 1 atom stereocenters. The van der Waals surface area contributed by atoms with Crippen LogP contribution in [0.25, 0.3) is 22.0 Å². The first-order valence-electron chi connectivity index (χ1n) is 7.26. The molecular weight excluding hydrogens is 244 g/mol. The van der Waals surface area contributed by atoms with Gasteiger partial charge in [-0.25, -0.2) is 0 Å². The first kappa shape index (κ1) is 11.7. The van der Waals surface area contributed by atoms with Gasteiger partial charge in [0.15, 0.2) is 0 Å². The Morgan fingerprint density at radius 3 is 2.70 bits per heavy atom. The Kier molecular flexibility index (Phi) is 2.64. The standard InChI is InChI=1S/C18H18N2/c1-12-18-15(9-10-19-12)16-11-14(7-8-17(16)20-18)13-5-3-2-4-6-13/h2-8,11-12,19-20H,9-10H2,1H3. The van der Waals surface area contributed by atoms with E-state index in [2.05, 4.69) is 65.8 Å². The van der Waals surface area contributed by atoms with Gasteiger partial charge in [-0.15, -0.1) is 0 Å². The molecule has 0 bridgehead atoms. The van der Waals surface area contributed by atoms with Gasteiger partial charge in [0.1, 0.15) is 0 Å². The second-order valence-corrected chi connectivity index (χ2v) is 5.57. The van der Waals surface area contributed by atoms with Crippen LogP contribution in [0.15, 0.2) is 48.5 Å². The summed E-state index contributed by atoms with van der Waals surface area (Å²) in [6, 6.07) is 17.8. The molecular formula is C18H18N2. The highest BCUT2D eigenvalue weighted by Gasteiger charge is 2.20. The highest BCUT2D eigenvalue weighted by molar-refractivity contribution is 5.89. The number of nitrogens with one attached hydrogen (secondary N) is 2. The van der Waals surface area contributed by atoms with Crippen LogP contribution >= 0.6 is 0 Å². The predicted molar refractivity (Wildman–Crippen MR) is 83.9 cm³/mol. The van der Waals surface area contributed by atoms with Gasteiger partial charge in [-0.3, -0.25) is 0 Å². The molecule has 1 unspecified atom stereocenters. The molecule has 2 N–H and O–H groups in total. The summed E-state index contributed by atoms with van der Waals surface area (Å²) in [5, 5.41) is 4.90. The van der Waals surface area contributed by atoms with Crippen molar-refractivity contribution < 1.29 is 0 Å². The van der Waals surface area contributed by atoms with Crippen LogP contribution in [0.2, 0.25) is 0 Å². The SMILES string of the molecule is CC1NCCc2c1[nH]c1ccc(-c3ccccc3)cc21. The van der Waals surface area contributed by atoms with Crippen molar-refractivity contribution in [2.24, 2.45) is 0 Å². The normalized spacial score (nSPS) is 18.1. The van der Waals surface area contributed by atoms with Crippen LogP contribution in [0.3, 0.4) is 0 Å². The quantitative estimate of drug-likeness (QED) is 0.680. The van der Waals surface area contributed by atoms with Crippen LogP contribution < -0.4 is 5.32 Å². The van der Waals surface area contributed by atoms with Crippen molar-refractivity contribution in [2.75, 3.05) is 6.54 Å². The summed E-state index contributed by atoms with van der Waals surface area (Å²) >= 11 is 0. The molecule has 1 aliphatic heterocycles. The Balaban J connectivity index is 1.91. The molecule has 2 heteroatoms. The molecule has 1 aliphatic rings. The van der Waals surface area contributed by atoms with E-state index < -0.39 is 0 Å². The van der Waals surface area contributed by atoms with E-state index in [-0.39, 0.29) is 0 Å². The third-order valence-electron chi connectivity index (χ3n) is 4.30. The number of aromatic nitrogens is 1. The minimum atomic E-state index is 0.423. The topological polar surface area (TPSA) is 27.8 Å². The second-order valence-electron chi connectivity index (χ2n) is 5.57. The fourth-order valence-corrected chi connectivity index (χ4v) is 3.23. The Hall–Kier alpha value is -2.06. The zero-order chi connectivity index (χ0) is 13.5. The maximum atomic E-state index is 3.58. The van der Waals surface area contributed by atoms with E-state index in [0.29, 0.717) is 6.04 Å². The molecule has 3 aromatic rings. The average molecular weight is 262 g/mol. The van der Waals surface area contributed by atoms with Crippen molar-refractivity contribution in [3.8, 4) is 11.1 Å². The van der Waals surface area contributed by atoms with Crippen molar-refractivity contribution in [3.63, 3.8) is 0 Å². The van der Waals surface area contributed by atoms with Gasteiger partial charge in [0.25, 0.3) is 0 Å². The molecule has 0 spiro atoms. The number of aromatic amines is 1. The first-order chi connectivity index (χ1) is 9.83. The van der Waals surface area contributed by atoms with E-state index in [1.807, 2.05) is 0 Å². The molecule has 1 aromatic heterocycles. The van der Waals surface area contributed by atoms with Crippen LogP contribution in [0.1, 0.15) is 24.2 Å². The van der Waals surface area contributed by atoms with Crippen LogP contribution in [0.5, 0.6) is 0 Å². The van der Waals surface area contributed by atoms with Crippen molar-refractivity contribution in [1.29, 1.82) is 0 Å². The molecule has 0 saturated carbocycles. The molecule has 100 valence electrons. The number of hydrogen-bond donors (Lipinski definition) is 2. The zero-order valence-corrected chi connectivity index (χ0v) is 11.6. The van der Waals surface area contributed by atoms with Crippen molar-refractivity contribution in [2.45, 2.75) is 19.4 Å². The summed E-state index contributed by atoms with van der Waals surface area (Å²) in [6.45, 7) is 3.29. The molecule has 0 aliphatic carbocycles. The smallest absolute Gasteiger partial charge is 0.0459 e. The summed E-state index contributed by atoms with van der Waals surface area (Å²) in [7, 11) is 0. The van der Waals surface area contributed by atoms with Crippen molar-refractivity contribution in [3.05, 3.63) is 59.8 Å². The molecule has 20 heavy (non-hydrogen) atoms. The highest BCUT2D eigenvalue weighted by Crippen LogP contribution is 2.32. The van der Waals surface area contributed by atoms with Crippen LogP contribution in [0.4, 0.5) is 0 Å². The summed E-state index contributed by atoms with van der Waals surface area (Å²) in [6.07, 6.45) is 1.11. The summed E-state index contributed by atoms with van der Waals surface area (Å²) in [4.78, 5) is 3.58. The maximum Gasteiger partial charge on any atom is 0.0459 e. The van der Waals surface area contributed by atoms with E-state index in [0.717, 1.165) is 13.0 Å². The molecule has 4 rings (SSSR count). The van der Waals surface area contributed by atoms with Crippen LogP contribution in [-0.4, -0.2) is 11.5 Å². The third kappa shape index (κ3) is 1.76. The van der Waals surface area contributed by atoms with Gasteiger partial charge in [-0.2, -0.15) is 0 Å². The summed E-state index contributed by atoms with van der Waals surface area (Å²) < 4.78 is 0. The average Bonchev–Trinajstić information content (AvgIpc) is 2.88. The lowest BCUT2D eigenvalue weighted by Gasteiger charge is -2.20. The molecule has 2 nitrogen and oxygen atoms in total. The van der Waals surface area contributed by atoms with E-state index in [1.165, 1.54) is 33.3 Å². The van der Waals surface area contributed by atoms with Crippen molar-refractivity contribution in [1.82, 2.24) is 10.3 Å². The predicted octanol–water partition coefficient (Wildman–Crippen LogP) is 4.04. The molecule has 0 amide bonds. The number of rotatable bonds is 1. The third-order valence-corrected chi connectivity index (χ3v) is 4.30. The first-order valence-corrected chi connectivity index (χ1v) is 7.26. The minimum absolute atomic E-state index is 0.423. The summed E-state index contributed by atoms with van der Waals surface area (Å²) in [5.74, 6) is 0. The van der Waals surface area contributed by atoms with Gasteiger partial charge in [0.2, 0.25) is 0 Å². The zero-order valence-electron chi connectivity index (χ0n) is 11.6. The molecule has 2 heterocycles. The maximum absolute atomic E-state index is 3.58. The van der Waals surface area contributed by atoms with Crippen LogP contribution in [0, 0.1) is 0 Å². The second kappa shape index (κ2) is 4.50. The fraction of sp³-hybridized carbons (Fsp3) is 0.222. The number of fused-ring (bicyclic) bond motifs is 3. The Bertz CT molecular complexity index is 756. The van der Waals surface area contributed by atoms with Gasteiger partial charge in [0.05, 0.1) is 0 Å². The largest absolute Gasteiger partial charge is 0.357 e. The van der Waals surface area contributed by atoms with Crippen LogP contribution in [-0.2, 0) is 6.42 Å². The van der Waals surface area contributed by atoms with Gasteiger partial charge in [-0.05, 0) is 48.7 Å². The van der Waals surface area contributed by atoms with E-state index in [9.17, 15) is 0 Å². The van der Waals surface area contributed by atoms with Gasteiger partial charge in [0, 0.05) is 22.6 Å². The van der Waals surface area contributed by atoms with Crippen molar-refractivity contribution >= 4 is 10.9 Å². The minimum Gasteiger partial charge on any atom is -0.357 e. The summed E-state index contributed by atoms with van der Waals surface area (Å²) in [5.41, 5.74) is 6.68. The fourth-order valence-electron chi connectivity index (χ4n) is 3.23. The Morgan fingerprint density at radius 1 is 1.00 bits per heavy atom. The van der Waals surface area contributed by atoms with Gasteiger partial charge in [-0.1, -0.05) is 36.4 Å². The highest BCUT2D eigenvalue weighted by atomic mass is 15.0.